The highest BCUT2D eigenvalue weighted by Gasteiger charge is 2.41. The summed E-state index contributed by atoms with van der Waals surface area (Å²) in [5, 5.41) is 0. The van der Waals surface area contributed by atoms with Crippen molar-refractivity contribution >= 4 is 17.3 Å². The summed E-state index contributed by atoms with van der Waals surface area (Å²) in [6.07, 6.45) is -6.97. The molecule has 0 aromatic heterocycles. The summed E-state index contributed by atoms with van der Waals surface area (Å²) in [6.45, 7) is 0.313. The topological polar surface area (TPSA) is 23.6 Å². The lowest BCUT2D eigenvalue weighted by atomic mass is 9.95. The molecule has 1 amide bonds. The maximum absolute atomic E-state index is 13.3. The van der Waals surface area contributed by atoms with Crippen LogP contribution >= 0.6 is 0 Å². The smallest absolute Gasteiger partial charge is 0.358 e. The van der Waals surface area contributed by atoms with E-state index in [2.05, 4.69) is 0 Å². The van der Waals surface area contributed by atoms with E-state index in [-0.39, 0.29) is 23.7 Å². The lowest BCUT2D eigenvalue weighted by Crippen LogP contribution is -2.55. The fraction of sp³-hybridized carbons (Fsp3) is 0.381. The zero-order valence-corrected chi connectivity index (χ0v) is 15.7. The molecular weight excluding hydrogens is 410 g/mol. The average Bonchev–Trinajstić information content (AvgIpc) is 2.69. The van der Waals surface area contributed by atoms with Crippen LogP contribution in [0.1, 0.15) is 36.0 Å². The van der Waals surface area contributed by atoms with E-state index < -0.39 is 29.5 Å². The molecule has 30 heavy (non-hydrogen) atoms. The van der Waals surface area contributed by atoms with Gasteiger partial charge in [0.2, 0.25) is 5.91 Å². The third-order valence-corrected chi connectivity index (χ3v) is 5.55. The van der Waals surface area contributed by atoms with E-state index in [0.717, 1.165) is 37.1 Å². The van der Waals surface area contributed by atoms with Crippen molar-refractivity contribution in [2.24, 2.45) is 0 Å². The first-order chi connectivity index (χ1) is 14.1. The van der Waals surface area contributed by atoms with Gasteiger partial charge in [0.15, 0.2) is 0 Å². The van der Waals surface area contributed by atoms with Crippen LogP contribution in [0.2, 0.25) is 0 Å². The van der Waals surface area contributed by atoms with E-state index in [0.29, 0.717) is 18.7 Å². The van der Waals surface area contributed by atoms with Gasteiger partial charge in [0, 0.05) is 6.54 Å². The van der Waals surface area contributed by atoms with Gasteiger partial charge in [-0.15, -0.1) is 0 Å². The molecule has 0 spiro atoms. The number of carbonyl (C=O) groups is 1. The molecule has 2 aliphatic rings. The van der Waals surface area contributed by atoms with E-state index in [1.54, 1.807) is 0 Å². The highest BCUT2D eigenvalue weighted by molar-refractivity contribution is 6.05. The number of halogens is 6. The standard InChI is InChI=1S/C21H18F6N2O/c22-20(23,24)14-5-3-4-13(10-14)12-29-18-11-15(21(25,26)27)7-8-16(18)28-9-2-1-6-17(28)19(29)30/h3-5,7-8,10-11,17H,1-2,6,9,12H2/t17-/m0/s1. The van der Waals surface area contributed by atoms with Crippen LogP contribution < -0.4 is 9.80 Å². The molecule has 0 aliphatic carbocycles. The summed E-state index contributed by atoms with van der Waals surface area (Å²) in [4.78, 5) is 16.1. The Labute approximate surface area is 168 Å². The monoisotopic (exact) mass is 428 g/mol. The molecule has 160 valence electrons. The number of carbonyl (C=O) groups excluding carboxylic acids is 1. The molecule has 4 rings (SSSR count). The molecule has 1 saturated heterocycles. The van der Waals surface area contributed by atoms with Crippen molar-refractivity contribution in [2.45, 2.75) is 44.2 Å². The average molecular weight is 428 g/mol. The van der Waals surface area contributed by atoms with Gasteiger partial charge in [0.05, 0.1) is 29.0 Å². The predicted molar refractivity (Wildman–Crippen MR) is 99.1 cm³/mol. The van der Waals surface area contributed by atoms with Gasteiger partial charge in [0.25, 0.3) is 0 Å². The maximum atomic E-state index is 13.3. The van der Waals surface area contributed by atoms with Crippen LogP contribution in [0.5, 0.6) is 0 Å². The van der Waals surface area contributed by atoms with Crippen molar-refractivity contribution in [2.75, 3.05) is 16.3 Å². The first kappa shape index (κ1) is 20.6. The van der Waals surface area contributed by atoms with Crippen LogP contribution in [0, 0.1) is 0 Å². The number of piperidine rings is 1. The van der Waals surface area contributed by atoms with Crippen molar-refractivity contribution in [1.82, 2.24) is 0 Å². The Morgan fingerprint density at radius 3 is 2.27 bits per heavy atom. The summed E-state index contributed by atoms with van der Waals surface area (Å²) in [6, 6.07) is 7.22. The van der Waals surface area contributed by atoms with E-state index in [1.807, 2.05) is 4.90 Å². The SMILES string of the molecule is O=C1[C@@H]2CCCCN2c2ccc(C(F)(F)F)cc2N1Cc1cccc(C(F)(F)F)c1. The van der Waals surface area contributed by atoms with Crippen LogP contribution in [-0.2, 0) is 23.7 Å². The molecule has 2 aliphatic heterocycles. The molecule has 1 fully saturated rings. The Kier molecular flexibility index (Phi) is 4.94. The molecule has 0 bridgehead atoms. The van der Waals surface area contributed by atoms with Gasteiger partial charge in [-0.2, -0.15) is 26.3 Å². The first-order valence-electron chi connectivity index (χ1n) is 9.51. The largest absolute Gasteiger partial charge is 0.416 e. The van der Waals surface area contributed by atoms with Crippen LogP contribution in [0.3, 0.4) is 0 Å². The molecule has 1 atom stereocenters. The quantitative estimate of drug-likeness (QED) is 0.579. The number of anilines is 2. The summed E-state index contributed by atoms with van der Waals surface area (Å²) in [5.74, 6) is -0.390. The number of fused-ring (bicyclic) bond motifs is 3. The van der Waals surface area contributed by atoms with E-state index in [4.69, 9.17) is 0 Å². The molecular formula is C21H18F6N2O. The fourth-order valence-electron chi connectivity index (χ4n) is 4.13. The molecule has 3 nitrogen and oxygen atoms in total. The Balaban J connectivity index is 1.78. The zero-order valence-electron chi connectivity index (χ0n) is 15.7. The van der Waals surface area contributed by atoms with Gasteiger partial charge in [-0.3, -0.25) is 4.79 Å². The van der Waals surface area contributed by atoms with Gasteiger partial charge in [-0.25, -0.2) is 0 Å². The second kappa shape index (κ2) is 7.21. The number of alkyl halides is 6. The number of hydrogen-bond acceptors (Lipinski definition) is 2. The molecule has 9 heteroatoms. The van der Waals surface area contributed by atoms with Gasteiger partial charge in [0.1, 0.15) is 6.04 Å². The van der Waals surface area contributed by atoms with Crippen molar-refractivity contribution in [3.63, 3.8) is 0 Å². The molecule has 0 N–H and O–H groups in total. The number of nitrogens with zero attached hydrogens (tertiary/aromatic N) is 2. The molecule has 0 unspecified atom stereocenters. The Morgan fingerprint density at radius 2 is 1.57 bits per heavy atom. The summed E-state index contributed by atoms with van der Waals surface area (Å²) < 4.78 is 79.0. The highest BCUT2D eigenvalue weighted by Crippen LogP contribution is 2.43. The third-order valence-electron chi connectivity index (χ3n) is 5.55. The summed E-state index contributed by atoms with van der Waals surface area (Å²) in [7, 11) is 0. The van der Waals surface area contributed by atoms with Crippen LogP contribution in [-0.4, -0.2) is 18.5 Å². The van der Waals surface area contributed by atoms with Crippen LogP contribution in [0.4, 0.5) is 37.7 Å². The third kappa shape index (κ3) is 3.73. The zero-order chi connectivity index (χ0) is 21.7. The normalized spacial score (nSPS) is 19.5. The maximum Gasteiger partial charge on any atom is 0.416 e. The summed E-state index contributed by atoms with van der Waals surface area (Å²) >= 11 is 0. The Bertz CT molecular complexity index is 969. The second-order valence-corrected chi connectivity index (χ2v) is 7.53. The Morgan fingerprint density at radius 1 is 0.867 bits per heavy atom. The van der Waals surface area contributed by atoms with E-state index in [9.17, 15) is 31.1 Å². The number of benzene rings is 2. The molecule has 2 aromatic carbocycles. The second-order valence-electron chi connectivity index (χ2n) is 7.53. The number of hydrogen-bond donors (Lipinski definition) is 0. The van der Waals surface area contributed by atoms with Crippen molar-refractivity contribution in [1.29, 1.82) is 0 Å². The minimum absolute atomic E-state index is 0.0744. The van der Waals surface area contributed by atoms with Gasteiger partial charge >= 0.3 is 12.4 Å². The van der Waals surface area contributed by atoms with Crippen LogP contribution in [0.15, 0.2) is 42.5 Å². The van der Waals surface area contributed by atoms with Gasteiger partial charge in [-0.1, -0.05) is 12.1 Å². The molecule has 0 radical (unpaired) electrons. The van der Waals surface area contributed by atoms with Gasteiger partial charge in [-0.05, 0) is 55.2 Å². The highest BCUT2D eigenvalue weighted by atomic mass is 19.4. The van der Waals surface area contributed by atoms with Crippen molar-refractivity contribution in [3.05, 3.63) is 59.2 Å². The predicted octanol–water partition coefficient (Wildman–Crippen LogP) is 5.63. The van der Waals surface area contributed by atoms with Crippen LogP contribution in [0.25, 0.3) is 0 Å². The Hall–Kier alpha value is -2.71. The lowest BCUT2D eigenvalue weighted by molar-refractivity contribution is -0.138. The number of amides is 1. The summed E-state index contributed by atoms with van der Waals surface area (Å²) in [5.41, 5.74) is -0.998. The molecule has 2 aromatic rings. The minimum Gasteiger partial charge on any atom is -0.358 e. The van der Waals surface area contributed by atoms with Crippen molar-refractivity contribution < 1.29 is 31.1 Å². The fourth-order valence-corrected chi connectivity index (χ4v) is 4.13. The number of rotatable bonds is 2. The van der Waals surface area contributed by atoms with E-state index >= 15 is 0 Å². The molecule has 2 heterocycles. The van der Waals surface area contributed by atoms with Gasteiger partial charge < -0.3 is 9.80 Å². The lowest BCUT2D eigenvalue weighted by Gasteiger charge is -2.45. The minimum atomic E-state index is -4.60. The first-order valence-corrected chi connectivity index (χ1v) is 9.51. The van der Waals surface area contributed by atoms with Crippen molar-refractivity contribution in [3.8, 4) is 0 Å². The van der Waals surface area contributed by atoms with E-state index in [1.165, 1.54) is 23.1 Å². The molecule has 0 saturated carbocycles.